The van der Waals surface area contributed by atoms with E-state index in [0.717, 1.165) is 4.31 Å². The quantitative estimate of drug-likeness (QED) is 0.686. The fourth-order valence-electron chi connectivity index (χ4n) is 1.85. The van der Waals surface area contributed by atoms with Crippen LogP contribution in [0.15, 0.2) is 60.0 Å². The van der Waals surface area contributed by atoms with Crippen LogP contribution in [0.3, 0.4) is 0 Å². The van der Waals surface area contributed by atoms with Gasteiger partial charge >= 0.3 is 0 Å². The Labute approximate surface area is 144 Å². The lowest BCUT2D eigenvalue weighted by Crippen LogP contribution is -2.31. The monoisotopic (exact) mass is 375 g/mol. The van der Waals surface area contributed by atoms with E-state index >= 15 is 0 Å². The van der Waals surface area contributed by atoms with E-state index in [2.05, 4.69) is 6.58 Å². The first-order valence-corrected chi connectivity index (χ1v) is 8.78. The van der Waals surface area contributed by atoms with Gasteiger partial charge < -0.3 is 0 Å². The molecule has 0 unspecified atom stereocenters. The van der Waals surface area contributed by atoms with Gasteiger partial charge in [0.05, 0.1) is 22.2 Å². The molecule has 0 bridgehead atoms. The SMILES string of the molecule is C=CCN(c1cc(Cl)ccc1Cl)S(=O)(=O)c1ccc(Cl)cc1. The molecule has 0 saturated carbocycles. The predicted molar refractivity (Wildman–Crippen MR) is 92.6 cm³/mol. The summed E-state index contributed by atoms with van der Waals surface area (Å²) in [7, 11) is -3.81. The first-order valence-electron chi connectivity index (χ1n) is 6.20. The molecule has 0 radical (unpaired) electrons. The van der Waals surface area contributed by atoms with Crippen molar-refractivity contribution in [2.75, 3.05) is 10.8 Å². The second-order valence-electron chi connectivity index (χ2n) is 4.37. The summed E-state index contributed by atoms with van der Waals surface area (Å²) in [6.45, 7) is 3.66. The summed E-state index contributed by atoms with van der Waals surface area (Å²) >= 11 is 17.9. The third-order valence-corrected chi connectivity index (χ3v) is 5.47. The normalized spacial score (nSPS) is 11.2. The summed E-state index contributed by atoms with van der Waals surface area (Å²) in [4.78, 5) is 0.106. The highest BCUT2D eigenvalue weighted by molar-refractivity contribution is 7.92. The predicted octanol–water partition coefficient (Wildman–Crippen LogP) is 5.03. The van der Waals surface area contributed by atoms with Gasteiger partial charge in [0.15, 0.2) is 0 Å². The molecule has 0 aromatic heterocycles. The minimum Gasteiger partial charge on any atom is -0.261 e. The zero-order valence-electron chi connectivity index (χ0n) is 11.3. The molecular formula is C15H12Cl3NO2S. The van der Waals surface area contributed by atoms with Crippen molar-refractivity contribution < 1.29 is 8.42 Å². The van der Waals surface area contributed by atoms with Gasteiger partial charge in [-0.05, 0) is 42.5 Å². The molecule has 0 aliphatic carbocycles. The number of hydrogen-bond donors (Lipinski definition) is 0. The Kier molecular flexibility index (Phi) is 5.40. The van der Waals surface area contributed by atoms with Crippen molar-refractivity contribution in [3.05, 3.63) is 70.2 Å². The lowest BCUT2D eigenvalue weighted by molar-refractivity contribution is 0.593. The summed E-state index contributed by atoms with van der Waals surface area (Å²) in [5, 5.41) is 1.12. The molecule has 22 heavy (non-hydrogen) atoms. The molecule has 2 rings (SSSR count). The average Bonchev–Trinajstić information content (AvgIpc) is 2.48. The molecule has 2 aromatic carbocycles. The minimum absolute atomic E-state index is 0.0605. The van der Waals surface area contributed by atoms with Gasteiger partial charge in [-0.15, -0.1) is 6.58 Å². The van der Waals surface area contributed by atoms with Crippen LogP contribution < -0.4 is 4.31 Å². The Morgan fingerprint density at radius 3 is 2.18 bits per heavy atom. The van der Waals surface area contributed by atoms with Crippen LogP contribution in [0.2, 0.25) is 15.1 Å². The summed E-state index contributed by atoms with van der Waals surface area (Å²) in [5.74, 6) is 0. The van der Waals surface area contributed by atoms with Crippen LogP contribution in [-0.2, 0) is 10.0 Å². The van der Waals surface area contributed by atoms with Crippen LogP contribution in [-0.4, -0.2) is 15.0 Å². The highest BCUT2D eigenvalue weighted by atomic mass is 35.5. The number of rotatable bonds is 5. The van der Waals surface area contributed by atoms with E-state index in [1.165, 1.54) is 36.4 Å². The second kappa shape index (κ2) is 6.92. The molecule has 0 atom stereocenters. The minimum atomic E-state index is -3.81. The third-order valence-electron chi connectivity index (χ3n) is 2.87. The fraction of sp³-hybridized carbons (Fsp3) is 0.0667. The smallest absolute Gasteiger partial charge is 0.261 e. The van der Waals surface area contributed by atoms with Crippen molar-refractivity contribution in [3.8, 4) is 0 Å². The van der Waals surface area contributed by atoms with Gasteiger partial charge in [-0.25, -0.2) is 8.42 Å². The molecule has 0 amide bonds. The van der Waals surface area contributed by atoms with Crippen LogP contribution in [0, 0.1) is 0 Å². The summed E-state index contributed by atoms with van der Waals surface area (Å²) < 4.78 is 26.8. The van der Waals surface area contributed by atoms with Gasteiger partial charge in [0.25, 0.3) is 10.0 Å². The van der Waals surface area contributed by atoms with E-state index in [9.17, 15) is 8.42 Å². The van der Waals surface area contributed by atoms with Crippen LogP contribution in [0.1, 0.15) is 0 Å². The molecular weight excluding hydrogens is 365 g/mol. The number of halogens is 3. The maximum Gasteiger partial charge on any atom is 0.264 e. The molecule has 0 fully saturated rings. The molecule has 0 aliphatic heterocycles. The van der Waals surface area contributed by atoms with Gasteiger partial charge in [-0.2, -0.15) is 0 Å². The van der Waals surface area contributed by atoms with Crippen LogP contribution >= 0.6 is 34.8 Å². The van der Waals surface area contributed by atoms with Crippen molar-refractivity contribution in [3.63, 3.8) is 0 Å². The summed E-state index contributed by atoms with van der Waals surface area (Å²) in [6.07, 6.45) is 1.48. The Morgan fingerprint density at radius 1 is 1.00 bits per heavy atom. The van der Waals surface area contributed by atoms with Crippen molar-refractivity contribution in [1.82, 2.24) is 0 Å². The zero-order valence-corrected chi connectivity index (χ0v) is 14.4. The molecule has 0 heterocycles. The Balaban J connectivity index is 2.57. The van der Waals surface area contributed by atoms with Crippen molar-refractivity contribution >= 4 is 50.5 Å². The van der Waals surface area contributed by atoms with Gasteiger partial charge in [-0.1, -0.05) is 40.9 Å². The third kappa shape index (κ3) is 3.58. The topological polar surface area (TPSA) is 37.4 Å². The van der Waals surface area contributed by atoms with Crippen molar-refractivity contribution in [2.24, 2.45) is 0 Å². The molecule has 3 nitrogen and oxygen atoms in total. The molecule has 2 aromatic rings. The molecule has 7 heteroatoms. The largest absolute Gasteiger partial charge is 0.264 e. The number of hydrogen-bond acceptors (Lipinski definition) is 2. The summed E-state index contributed by atoms with van der Waals surface area (Å²) in [5.41, 5.74) is 0.295. The molecule has 0 saturated heterocycles. The van der Waals surface area contributed by atoms with Gasteiger partial charge in [-0.3, -0.25) is 4.31 Å². The van der Waals surface area contributed by atoms with E-state index in [0.29, 0.717) is 15.7 Å². The first kappa shape index (κ1) is 17.2. The van der Waals surface area contributed by atoms with Crippen molar-refractivity contribution in [2.45, 2.75) is 4.90 Å². The molecule has 116 valence electrons. The van der Waals surface area contributed by atoms with Crippen molar-refractivity contribution in [1.29, 1.82) is 0 Å². The lowest BCUT2D eigenvalue weighted by atomic mass is 10.3. The highest BCUT2D eigenvalue weighted by Crippen LogP contribution is 2.33. The molecule has 0 aliphatic rings. The maximum absolute atomic E-state index is 12.8. The highest BCUT2D eigenvalue weighted by Gasteiger charge is 2.25. The Morgan fingerprint density at radius 2 is 1.59 bits per heavy atom. The zero-order chi connectivity index (χ0) is 16.3. The van der Waals surface area contributed by atoms with Crippen LogP contribution in [0.25, 0.3) is 0 Å². The van der Waals surface area contributed by atoms with E-state index < -0.39 is 10.0 Å². The van der Waals surface area contributed by atoms with Gasteiger partial charge in [0, 0.05) is 10.0 Å². The first-order chi connectivity index (χ1) is 10.4. The Bertz CT molecular complexity index is 789. The summed E-state index contributed by atoms with van der Waals surface area (Å²) in [6, 6.07) is 10.5. The number of sulfonamides is 1. The second-order valence-corrected chi connectivity index (χ2v) is 7.52. The van der Waals surface area contributed by atoms with Gasteiger partial charge in [0.2, 0.25) is 0 Å². The molecule has 0 spiro atoms. The standard InChI is InChI=1S/C15H12Cl3NO2S/c1-2-9-19(15-10-12(17)5-8-14(15)18)22(20,21)13-6-3-11(16)4-7-13/h2-8,10H,1,9H2. The maximum atomic E-state index is 12.8. The number of benzene rings is 2. The van der Waals surface area contributed by atoms with E-state index in [-0.39, 0.29) is 16.5 Å². The average molecular weight is 377 g/mol. The lowest BCUT2D eigenvalue weighted by Gasteiger charge is -2.24. The van der Waals surface area contributed by atoms with Crippen LogP contribution in [0.5, 0.6) is 0 Å². The van der Waals surface area contributed by atoms with E-state index in [1.807, 2.05) is 0 Å². The van der Waals surface area contributed by atoms with E-state index in [1.54, 1.807) is 12.1 Å². The number of anilines is 1. The number of nitrogens with zero attached hydrogens (tertiary/aromatic N) is 1. The molecule has 0 N–H and O–H groups in total. The van der Waals surface area contributed by atoms with E-state index in [4.69, 9.17) is 34.8 Å². The van der Waals surface area contributed by atoms with Gasteiger partial charge in [0.1, 0.15) is 0 Å². The Hall–Kier alpha value is -1.20. The fourth-order valence-corrected chi connectivity index (χ4v) is 3.86. The van der Waals surface area contributed by atoms with Crippen LogP contribution in [0.4, 0.5) is 5.69 Å².